The quantitative estimate of drug-likeness (QED) is 0.371. The number of fused-ring (bicyclic) bond motifs is 1. The Hall–Kier alpha value is -3.67. The molecule has 220 valence electrons. The van der Waals surface area contributed by atoms with Gasteiger partial charge in [0, 0.05) is 25.6 Å². The zero-order chi connectivity index (χ0) is 29.7. The molecule has 0 radical (unpaired) electrons. The normalized spacial score (nSPS) is 18.2. The molecule has 0 aromatic heterocycles. The number of amides is 1. The van der Waals surface area contributed by atoms with E-state index in [2.05, 4.69) is 9.62 Å². The molecule has 2 N–H and O–H groups in total. The lowest BCUT2D eigenvalue weighted by Gasteiger charge is -2.38. The third-order valence-electron chi connectivity index (χ3n) is 7.16. The maximum atomic E-state index is 13.7. The average Bonchev–Trinajstić information content (AvgIpc) is 2.95. The van der Waals surface area contributed by atoms with Crippen LogP contribution in [0.3, 0.4) is 0 Å². The zero-order valence-electron chi connectivity index (χ0n) is 23.6. The van der Waals surface area contributed by atoms with E-state index in [1.807, 2.05) is 38.2 Å². The van der Waals surface area contributed by atoms with Gasteiger partial charge in [-0.3, -0.25) is 14.4 Å². The fraction of sp³-hybridized carbons (Fsp3) is 0.367. The van der Waals surface area contributed by atoms with E-state index in [1.165, 1.54) is 18.2 Å². The van der Waals surface area contributed by atoms with Crippen LogP contribution in [0.1, 0.15) is 29.8 Å². The fourth-order valence-electron chi connectivity index (χ4n) is 4.77. The van der Waals surface area contributed by atoms with Gasteiger partial charge in [-0.05, 0) is 68.1 Å². The summed E-state index contributed by atoms with van der Waals surface area (Å²) in [7, 11) is -0.542. The number of ether oxygens (including phenoxy) is 2. The number of hydrogen-bond acceptors (Lipinski definition) is 7. The topological polar surface area (TPSA) is 108 Å². The molecule has 3 aromatic carbocycles. The molecule has 41 heavy (non-hydrogen) atoms. The Morgan fingerprint density at radius 1 is 1.15 bits per heavy atom. The van der Waals surface area contributed by atoms with Gasteiger partial charge < -0.3 is 19.5 Å². The lowest BCUT2D eigenvalue weighted by atomic mass is 9.99. The number of benzene rings is 3. The van der Waals surface area contributed by atoms with Gasteiger partial charge in [-0.15, -0.1) is 0 Å². The van der Waals surface area contributed by atoms with E-state index >= 15 is 0 Å². The van der Waals surface area contributed by atoms with Gasteiger partial charge >= 0.3 is 0 Å². The van der Waals surface area contributed by atoms with Gasteiger partial charge in [-0.25, -0.2) is 12.8 Å². The van der Waals surface area contributed by atoms with Gasteiger partial charge in [0.25, 0.3) is 15.9 Å². The summed E-state index contributed by atoms with van der Waals surface area (Å²) in [6, 6.07) is 16.4. The molecule has 0 aliphatic carbocycles. The molecule has 0 bridgehead atoms. The summed E-state index contributed by atoms with van der Waals surface area (Å²) >= 11 is 0. The van der Waals surface area contributed by atoms with Crippen molar-refractivity contribution in [2.45, 2.75) is 37.4 Å². The smallest absolute Gasteiger partial charge is 0.262 e. The minimum Gasteiger partial charge on any atom is -0.497 e. The molecule has 3 aromatic rings. The number of rotatable bonds is 10. The van der Waals surface area contributed by atoms with E-state index in [0.717, 1.165) is 23.4 Å². The lowest BCUT2D eigenvalue weighted by Crippen LogP contribution is -2.49. The van der Waals surface area contributed by atoms with Crippen molar-refractivity contribution in [1.82, 2.24) is 9.80 Å². The Kier molecular flexibility index (Phi) is 9.52. The number of nitrogens with one attached hydrogen (secondary N) is 1. The van der Waals surface area contributed by atoms with Gasteiger partial charge in [-0.1, -0.05) is 25.1 Å². The first-order chi connectivity index (χ1) is 19.5. The van der Waals surface area contributed by atoms with Gasteiger partial charge in [-0.2, -0.15) is 0 Å². The molecule has 0 fully saturated rings. The first-order valence-electron chi connectivity index (χ1n) is 13.3. The van der Waals surface area contributed by atoms with Crippen LogP contribution in [0.4, 0.5) is 10.1 Å². The zero-order valence-corrected chi connectivity index (χ0v) is 24.4. The predicted octanol–water partition coefficient (Wildman–Crippen LogP) is 3.99. The summed E-state index contributed by atoms with van der Waals surface area (Å²) in [4.78, 5) is 17.2. The highest BCUT2D eigenvalue weighted by atomic mass is 32.2. The number of sulfonamides is 1. The van der Waals surface area contributed by atoms with E-state index in [4.69, 9.17) is 9.47 Å². The molecule has 4 rings (SSSR count). The van der Waals surface area contributed by atoms with Crippen LogP contribution in [0.15, 0.2) is 71.6 Å². The number of anilines is 1. The predicted molar refractivity (Wildman–Crippen MR) is 154 cm³/mol. The van der Waals surface area contributed by atoms with Crippen molar-refractivity contribution in [1.29, 1.82) is 0 Å². The monoisotopic (exact) mass is 585 g/mol. The number of para-hydroxylation sites is 1. The second-order valence-corrected chi connectivity index (χ2v) is 12.1. The van der Waals surface area contributed by atoms with Crippen LogP contribution in [-0.4, -0.2) is 75.2 Å². The minimum absolute atomic E-state index is 0.0914. The van der Waals surface area contributed by atoms with E-state index in [1.54, 1.807) is 31.1 Å². The molecule has 1 aliphatic heterocycles. The maximum absolute atomic E-state index is 13.7. The molecule has 9 nitrogen and oxygen atoms in total. The van der Waals surface area contributed by atoms with Crippen molar-refractivity contribution in [3.63, 3.8) is 0 Å². The molecule has 0 unspecified atom stereocenters. The highest BCUT2D eigenvalue weighted by Crippen LogP contribution is 2.36. The average molecular weight is 586 g/mol. The Labute approximate surface area is 240 Å². The standard InChI is InChI=1S/C30H36FN3O6S/c1-20-16-34(21(2)19-35)30(36)26-6-5-7-27(32-41(37,38)25-14-10-23(31)11-15-25)29(26)40-28(20)18-33(3)17-22-8-12-24(39-4)13-9-22/h5-15,20-21,28,32,35H,16-19H2,1-4H3/t20-,21-,28+/m1/s1. The number of aliphatic hydroxyl groups excluding tert-OH is 1. The summed E-state index contributed by atoms with van der Waals surface area (Å²) < 4.78 is 54.1. The highest BCUT2D eigenvalue weighted by molar-refractivity contribution is 7.92. The molecular formula is C30H36FN3O6S. The van der Waals surface area contributed by atoms with Crippen LogP contribution < -0.4 is 14.2 Å². The summed E-state index contributed by atoms with van der Waals surface area (Å²) in [5, 5.41) is 9.91. The summed E-state index contributed by atoms with van der Waals surface area (Å²) in [5.41, 5.74) is 1.35. The second-order valence-electron chi connectivity index (χ2n) is 10.4. The molecule has 1 heterocycles. The van der Waals surface area contributed by atoms with E-state index in [-0.39, 0.29) is 40.3 Å². The number of halogens is 1. The fourth-order valence-corrected chi connectivity index (χ4v) is 5.84. The number of aliphatic hydroxyl groups is 1. The van der Waals surface area contributed by atoms with Crippen molar-refractivity contribution in [3.05, 3.63) is 83.7 Å². The largest absolute Gasteiger partial charge is 0.497 e. The third kappa shape index (κ3) is 7.16. The van der Waals surface area contributed by atoms with E-state index < -0.39 is 28.0 Å². The van der Waals surface area contributed by atoms with Gasteiger partial charge in [0.05, 0.1) is 35.9 Å². The van der Waals surface area contributed by atoms with Crippen molar-refractivity contribution in [3.8, 4) is 11.5 Å². The molecule has 11 heteroatoms. The van der Waals surface area contributed by atoms with Crippen molar-refractivity contribution < 1.29 is 32.2 Å². The van der Waals surface area contributed by atoms with Crippen LogP contribution >= 0.6 is 0 Å². The number of nitrogens with zero attached hydrogens (tertiary/aromatic N) is 2. The molecular weight excluding hydrogens is 549 g/mol. The third-order valence-corrected chi connectivity index (χ3v) is 8.54. The van der Waals surface area contributed by atoms with Crippen LogP contribution in [0.2, 0.25) is 0 Å². The van der Waals surface area contributed by atoms with Gasteiger partial charge in [0.1, 0.15) is 17.7 Å². The van der Waals surface area contributed by atoms with Crippen molar-refractivity contribution >= 4 is 21.6 Å². The SMILES string of the molecule is COc1ccc(CN(C)C[C@@H]2Oc3c(NS(=O)(=O)c4ccc(F)cc4)cccc3C(=O)N([C@H](C)CO)C[C@H]2C)cc1. The molecule has 3 atom stereocenters. The summed E-state index contributed by atoms with van der Waals surface area (Å²) in [5.74, 6) is -0.227. The van der Waals surface area contributed by atoms with Gasteiger partial charge in [0.2, 0.25) is 0 Å². The first-order valence-corrected chi connectivity index (χ1v) is 14.8. The maximum Gasteiger partial charge on any atom is 0.262 e. The first kappa shape index (κ1) is 30.3. The number of methoxy groups -OCH3 is 1. The number of carbonyl (C=O) groups excluding carboxylic acids is 1. The van der Waals surface area contributed by atoms with E-state index in [9.17, 15) is 22.7 Å². The highest BCUT2D eigenvalue weighted by Gasteiger charge is 2.35. The molecule has 0 saturated carbocycles. The van der Waals surface area contributed by atoms with Gasteiger partial charge in [0.15, 0.2) is 5.75 Å². The van der Waals surface area contributed by atoms with Crippen molar-refractivity contribution in [2.24, 2.45) is 5.92 Å². The summed E-state index contributed by atoms with van der Waals surface area (Å²) in [6.07, 6.45) is -0.435. The Morgan fingerprint density at radius 2 is 1.83 bits per heavy atom. The molecule has 0 spiro atoms. The van der Waals surface area contributed by atoms with Crippen LogP contribution in [0, 0.1) is 11.7 Å². The lowest BCUT2D eigenvalue weighted by molar-refractivity contribution is 0.0344. The van der Waals surface area contributed by atoms with Crippen LogP contribution in [0.5, 0.6) is 11.5 Å². The Balaban J connectivity index is 1.68. The number of hydrogen-bond donors (Lipinski definition) is 2. The number of likely N-dealkylation sites (N-methyl/N-ethyl adjacent to an activating group) is 1. The van der Waals surface area contributed by atoms with E-state index in [0.29, 0.717) is 19.6 Å². The molecule has 1 amide bonds. The Bertz CT molecular complexity index is 1450. The van der Waals surface area contributed by atoms with Crippen molar-refractivity contribution in [2.75, 3.05) is 38.6 Å². The molecule has 1 aliphatic rings. The van der Waals surface area contributed by atoms with Crippen LogP contribution in [0.25, 0.3) is 0 Å². The molecule has 0 saturated heterocycles. The second kappa shape index (κ2) is 12.9. The number of carbonyl (C=O) groups is 1. The Morgan fingerprint density at radius 3 is 2.46 bits per heavy atom. The summed E-state index contributed by atoms with van der Waals surface area (Å²) in [6.45, 7) is 4.94. The van der Waals surface area contributed by atoms with Crippen LogP contribution in [-0.2, 0) is 16.6 Å². The minimum atomic E-state index is -4.12.